The predicted octanol–water partition coefficient (Wildman–Crippen LogP) is 1.15. The zero-order valence-corrected chi connectivity index (χ0v) is 11.1. The van der Waals surface area contributed by atoms with Crippen molar-refractivity contribution in [3.8, 4) is 0 Å². The molecule has 0 saturated heterocycles. The Labute approximate surface area is 115 Å². The second-order valence-electron chi connectivity index (χ2n) is 4.94. The molecule has 0 bridgehead atoms. The smallest absolute Gasteiger partial charge is 0.248 e. The maximum Gasteiger partial charge on any atom is 0.248 e. The summed E-state index contributed by atoms with van der Waals surface area (Å²) in [5.41, 5.74) is 8.23. The first kappa shape index (κ1) is 12.8. The van der Waals surface area contributed by atoms with E-state index in [4.69, 9.17) is 5.73 Å². The molecule has 1 aliphatic heterocycles. The van der Waals surface area contributed by atoms with Gasteiger partial charge in [-0.05, 0) is 24.1 Å². The Morgan fingerprint density at radius 2 is 2.30 bits per heavy atom. The molecule has 0 spiro atoms. The van der Waals surface area contributed by atoms with E-state index in [-0.39, 0.29) is 11.7 Å². The number of hydrogen-bond donors (Lipinski definition) is 1. The lowest BCUT2D eigenvalue weighted by Crippen LogP contribution is -2.37. The molecule has 1 unspecified atom stereocenters. The summed E-state index contributed by atoms with van der Waals surface area (Å²) in [4.78, 5) is 14.0. The normalized spacial score (nSPS) is 15.2. The van der Waals surface area contributed by atoms with Crippen LogP contribution in [0.3, 0.4) is 0 Å². The summed E-state index contributed by atoms with van der Waals surface area (Å²) in [5, 5.41) is 4.01. The zero-order valence-electron chi connectivity index (χ0n) is 11.1. The lowest BCUT2D eigenvalue weighted by Gasteiger charge is -2.21. The lowest BCUT2D eigenvalue weighted by molar-refractivity contribution is -0.119. The molecule has 104 valence electrons. The average Bonchev–Trinajstić information content (AvgIpc) is 3.03. The van der Waals surface area contributed by atoms with Crippen molar-refractivity contribution < 1.29 is 9.18 Å². The summed E-state index contributed by atoms with van der Waals surface area (Å²) in [6.07, 6.45) is 4.01. The Morgan fingerprint density at radius 1 is 1.50 bits per heavy atom. The van der Waals surface area contributed by atoms with Gasteiger partial charge in [-0.1, -0.05) is 6.07 Å². The number of nitrogens with two attached hydrogens (primary N) is 1. The van der Waals surface area contributed by atoms with Gasteiger partial charge in [0.05, 0.1) is 6.20 Å². The number of amides is 1. The van der Waals surface area contributed by atoms with Crippen LogP contribution in [0.4, 0.5) is 10.1 Å². The van der Waals surface area contributed by atoms with Crippen LogP contribution in [-0.4, -0.2) is 22.2 Å². The third-order valence-corrected chi connectivity index (χ3v) is 3.56. The van der Waals surface area contributed by atoms with Crippen LogP contribution in [0.25, 0.3) is 0 Å². The van der Waals surface area contributed by atoms with Crippen molar-refractivity contribution in [1.82, 2.24) is 9.78 Å². The minimum absolute atomic E-state index is 0.234. The number of aromatic nitrogens is 2. The molecule has 1 aliphatic rings. The second-order valence-corrected chi connectivity index (χ2v) is 4.94. The monoisotopic (exact) mass is 274 g/mol. The van der Waals surface area contributed by atoms with Crippen LogP contribution >= 0.6 is 0 Å². The minimum atomic E-state index is -0.780. The fourth-order valence-corrected chi connectivity index (χ4v) is 2.49. The highest BCUT2D eigenvalue weighted by Gasteiger charge is 2.29. The third-order valence-electron chi connectivity index (χ3n) is 3.56. The molecule has 20 heavy (non-hydrogen) atoms. The van der Waals surface area contributed by atoms with Crippen molar-refractivity contribution in [1.29, 1.82) is 0 Å². The molecule has 2 heterocycles. The second kappa shape index (κ2) is 4.72. The van der Waals surface area contributed by atoms with Crippen molar-refractivity contribution in [3.63, 3.8) is 0 Å². The van der Waals surface area contributed by atoms with E-state index in [0.29, 0.717) is 17.8 Å². The molecule has 6 heteroatoms. The molecule has 1 aromatic carbocycles. The van der Waals surface area contributed by atoms with Crippen LogP contribution in [-0.2, 0) is 18.3 Å². The van der Waals surface area contributed by atoms with Crippen LogP contribution in [0.15, 0.2) is 30.6 Å². The van der Waals surface area contributed by atoms with Gasteiger partial charge in [0.25, 0.3) is 0 Å². The van der Waals surface area contributed by atoms with Crippen LogP contribution in [0, 0.1) is 5.82 Å². The number of nitrogens with zero attached hydrogens (tertiary/aromatic N) is 3. The molecule has 3 rings (SSSR count). The molecule has 5 nitrogen and oxygen atoms in total. The molecule has 1 atom stereocenters. The highest BCUT2D eigenvalue weighted by atomic mass is 19.1. The number of aryl methyl sites for hydroxylation is 1. The first-order valence-electron chi connectivity index (χ1n) is 6.40. The van der Waals surface area contributed by atoms with Gasteiger partial charge in [0.1, 0.15) is 11.9 Å². The summed E-state index contributed by atoms with van der Waals surface area (Å²) in [6.45, 7) is 0.533. The van der Waals surface area contributed by atoms with Gasteiger partial charge in [-0.25, -0.2) is 4.39 Å². The quantitative estimate of drug-likeness (QED) is 0.893. The first-order valence-corrected chi connectivity index (χ1v) is 6.40. The van der Waals surface area contributed by atoms with E-state index >= 15 is 0 Å². The minimum Gasteiger partial charge on any atom is -0.316 e. The Morgan fingerprint density at radius 3 is 3.00 bits per heavy atom. The van der Waals surface area contributed by atoms with Crippen LogP contribution in [0.1, 0.15) is 17.2 Å². The molecule has 0 saturated carbocycles. The Hall–Kier alpha value is -2.21. The van der Waals surface area contributed by atoms with Gasteiger partial charge in [-0.3, -0.25) is 9.48 Å². The standard InChI is InChI=1S/C14H15FN4O/c1-18-8-10(7-17-18)13(16)14(20)19-5-4-9-2-3-11(15)6-12(9)19/h2-3,6-8,13H,4-5,16H2,1H3. The summed E-state index contributed by atoms with van der Waals surface area (Å²) in [7, 11) is 1.77. The largest absolute Gasteiger partial charge is 0.316 e. The molecular formula is C14H15FN4O. The fraction of sp³-hybridized carbons (Fsp3) is 0.286. The number of carbonyl (C=O) groups excluding carboxylic acids is 1. The van der Waals surface area contributed by atoms with Gasteiger partial charge in [-0.2, -0.15) is 5.10 Å². The Bertz CT molecular complexity index is 667. The summed E-state index contributed by atoms with van der Waals surface area (Å²) < 4.78 is 14.9. The van der Waals surface area contributed by atoms with Gasteiger partial charge in [0, 0.05) is 31.0 Å². The van der Waals surface area contributed by atoms with E-state index in [1.807, 2.05) is 0 Å². The van der Waals surface area contributed by atoms with E-state index in [0.717, 1.165) is 12.0 Å². The van der Waals surface area contributed by atoms with Crippen molar-refractivity contribution >= 4 is 11.6 Å². The zero-order chi connectivity index (χ0) is 14.3. The van der Waals surface area contributed by atoms with Gasteiger partial charge in [0.15, 0.2) is 0 Å². The number of rotatable bonds is 2. The lowest BCUT2D eigenvalue weighted by atomic mass is 10.1. The van der Waals surface area contributed by atoms with E-state index < -0.39 is 6.04 Å². The maximum atomic E-state index is 13.3. The van der Waals surface area contributed by atoms with E-state index in [1.165, 1.54) is 12.1 Å². The average molecular weight is 274 g/mol. The molecule has 2 aromatic rings. The molecule has 2 N–H and O–H groups in total. The molecule has 0 fully saturated rings. The van der Waals surface area contributed by atoms with Crippen LogP contribution < -0.4 is 10.6 Å². The molecule has 1 aromatic heterocycles. The topological polar surface area (TPSA) is 64.2 Å². The van der Waals surface area contributed by atoms with Gasteiger partial charge in [0.2, 0.25) is 5.91 Å². The van der Waals surface area contributed by atoms with E-state index in [1.54, 1.807) is 35.1 Å². The predicted molar refractivity (Wildman–Crippen MR) is 72.6 cm³/mol. The van der Waals surface area contributed by atoms with E-state index in [2.05, 4.69) is 5.10 Å². The van der Waals surface area contributed by atoms with E-state index in [9.17, 15) is 9.18 Å². The number of hydrogen-bond acceptors (Lipinski definition) is 3. The van der Waals surface area contributed by atoms with Gasteiger partial charge < -0.3 is 10.6 Å². The molecule has 0 aliphatic carbocycles. The fourth-order valence-electron chi connectivity index (χ4n) is 2.49. The number of benzene rings is 1. The summed E-state index contributed by atoms with van der Waals surface area (Å²) in [6, 6.07) is 3.73. The Kier molecular flexibility index (Phi) is 3.02. The van der Waals surface area contributed by atoms with Crippen LogP contribution in [0.5, 0.6) is 0 Å². The number of fused-ring (bicyclic) bond motifs is 1. The number of halogens is 1. The Balaban J connectivity index is 1.88. The third kappa shape index (κ3) is 2.08. The SMILES string of the molecule is Cn1cc(C(N)C(=O)N2CCc3ccc(F)cc32)cn1. The molecular weight excluding hydrogens is 259 g/mol. The number of carbonyl (C=O) groups is 1. The molecule has 1 amide bonds. The van der Waals surface area contributed by atoms with Crippen molar-refractivity contribution in [3.05, 3.63) is 47.5 Å². The maximum absolute atomic E-state index is 13.3. The van der Waals surface area contributed by atoms with Crippen molar-refractivity contribution in [2.75, 3.05) is 11.4 Å². The van der Waals surface area contributed by atoms with Gasteiger partial charge >= 0.3 is 0 Å². The summed E-state index contributed by atoms with van der Waals surface area (Å²) >= 11 is 0. The summed E-state index contributed by atoms with van der Waals surface area (Å²) in [5.74, 6) is -0.583. The highest BCUT2D eigenvalue weighted by molar-refractivity contribution is 5.99. The van der Waals surface area contributed by atoms with Crippen molar-refractivity contribution in [2.45, 2.75) is 12.5 Å². The first-order chi connectivity index (χ1) is 9.56. The highest BCUT2D eigenvalue weighted by Crippen LogP contribution is 2.30. The van der Waals surface area contributed by atoms with Gasteiger partial charge in [-0.15, -0.1) is 0 Å². The van der Waals surface area contributed by atoms with Crippen molar-refractivity contribution in [2.24, 2.45) is 12.8 Å². The number of anilines is 1. The molecule has 0 radical (unpaired) electrons. The van der Waals surface area contributed by atoms with Crippen LogP contribution in [0.2, 0.25) is 0 Å².